The first-order valence-corrected chi connectivity index (χ1v) is 11.6. The molecule has 5 rings (SSSR count). The maximum absolute atomic E-state index is 13.3. The molecule has 0 unspecified atom stereocenters. The molecular formula is C23H34FN3O2. The SMILES string of the molecule is C[C@]12CC[C@H]3[C@@H](CC[C@H]4C[C@@](O)(CF)CC[C@@H]43)[C@@H]1CC[C@@H]2C(=O)Cn1ccnn1. The van der Waals surface area contributed by atoms with E-state index in [0.29, 0.717) is 54.8 Å². The van der Waals surface area contributed by atoms with Gasteiger partial charge in [-0.15, -0.1) is 5.10 Å². The highest BCUT2D eigenvalue weighted by Gasteiger charge is 2.59. The number of rotatable bonds is 4. The lowest BCUT2D eigenvalue weighted by molar-refractivity contribution is -0.134. The molecule has 1 heterocycles. The number of alkyl halides is 1. The zero-order valence-corrected chi connectivity index (χ0v) is 17.5. The van der Waals surface area contributed by atoms with E-state index >= 15 is 0 Å². The Balaban J connectivity index is 1.31. The zero-order valence-electron chi connectivity index (χ0n) is 17.5. The normalized spacial score (nSPS) is 46.6. The molecule has 160 valence electrons. The van der Waals surface area contributed by atoms with E-state index in [9.17, 15) is 14.3 Å². The van der Waals surface area contributed by atoms with E-state index in [1.807, 2.05) is 0 Å². The van der Waals surface area contributed by atoms with Crippen molar-refractivity contribution in [3.8, 4) is 0 Å². The van der Waals surface area contributed by atoms with E-state index in [-0.39, 0.29) is 11.3 Å². The highest BCUT2D eigenvalue weighted by atomic mass is 19.1. The van der Waals surface area contributed by atoms with Gasteiger partial charge in [0.1, 0.15) is 13.2 Å². The minimum atomic E-state index is -1.07. The van der Waals surface area contributed by atoms with Crippen molar-refractivity contribution >= 4 is 5.78 Å². The second kappa shape index (κ2) is 7.14. The number of hydrogen-bond acceptors (Lipinski definition) is 4. The highest BCUT2D eigenvalue weighted by molar-refractivity contribution is 5.82. The van der Waals surface area contributed by atoms with Crippen molar-refractivity contribution in [2.24, 2.45) is 40.9 Å². The van der Waals surface area contributed by atoms with Gasteiger partial charge in [-0.25, -0.2) is 9.07 Å². The number of ketones is 1. The van der Waals surface area contributed by atoms with Crippen LogP contribution in [0.15, 0.2) is 12.4 Å². The van der Waals surface area contributed by atoms with Crippen LogP contribution in [0.25, 0.3) is 0 Å². The van der Waals surface area contributed by atoms with E-state index in [1.165, 1.54) is 12.8 Å². The summed E-state index contributed by atoms with van der Waals surface area (Å²) in [5, 5.41) is 18.3. The van der Waals surface area contributed by atoms with Gasteiger partial charge in [-0.2, -0.15) is 0 Å². The molecular weight excluding hydrogens is 369 g/mol. The summed E-state index contributed by atoms with van der Waals surface area (Å²) in [7, 11) is 0. The molecule has 4 fully saturated rings. The number of Topliss-reactive ketones (excluding diaryl/α,β-unsaturated/α-hetero) is 1. The molecule has 0 spiro atoms. The molecule has 1 aromatic rings. The van der Waals surface area contributed by atoms with E-state index in [0.717, 1.165) is 32.1 Å². The van der Waals surface area contributed by atoms with Crippen molar-refractivity contribution in [2.75, 3.05) is 6.67 Å². The van der Waals surface area contributed by atoms with Crippen LogP contribution >= 0.6 is 0 Å². The summed E-state index contributed by atoms with van der Waals surface area (Å²) in [6, 6.07) is 0. The Hall–Kier alpha value is -1.30. The van der Waals surface area contributed by atoms with Gasteiger partial charge >= 0.3 is 0 Å². The van der Waals surface area contributed by atoms with Crippen LogP contribution < -0.4 is 0 Å². The molecule has 0 aliphatic heterocycles. The fraction of sp³-hybridized carbons (Fsp3) is 0.870. The number of carbonyl (C=O) groups is 1. The minimum Gasteiger partial charge on any atom is -0.387 e. The van der Waals surface area contributed by atoms with Crippen LogP contribution in [0.2, 0.25) is 0 Å². The molecule has 0 bridgehead atoms. The second-order valence-electron chi connectivity index (χ2n) is 10.8. The Morgan fingerprint density at radius 1 is 1.14 bits per heavy atom. The lowest BCUT2D eigenvalue weighted by Gasteiger charge is -2.56. The Morgan fingerprint density at radius 2 is 1.97 bits per heavy atom. The predicted octanol–water partition coefficient (Wildman–Crippen LogP) is 3.82. The number of aliphatic hydroxyl groups is 1. The first-order valence-electron chi connectivity index (χ1n) is 11.6. The number of fused-ring (bicyclic) bond motifs is 5. The van der Waals surface area contributed by atoms with Crippen LogP contribution in [0.4, 0.5) is 4.39 Å². The van der Waals surface area contributed by atoms with Crippen LogP contribution in [-0.4, -0.2) is 38.2 Å². The molecule has 0 aromatic carbocycles. The highest BCUT2D eigenvalue weighted by Crippen LogP contribution is 2.64. The topological polar surface area (TPSA) is 68.0 Å². The van der Waals surface area contributed by atoms with Crippen molar-refractivity contribution in [1.29, 1.82) is 0 Å². The quantitative estimate of drug-likeness (QED) is 0.830. The Labute approximate surface area is 172 Å². The number of aromatic nitrogens is 3. The van der Waals surface area contributed by atoms with Crippen LogP contribution in [0, 0.1) is 40.9 Å². The van der Waals surface area contributed by atoms with Crippen LogP contribution in [0.3, 0.4) is 0 Å². The lowest BCUT2D eigenvalue weighted by Crippen LogP contribution is -2.52. The molecule has 4 saturated carbocycles. The maximum atomic E-state index is 13.3. The number of nitrogens with zero attached hydrogens (tertiary/aromatic N) is 3. The van der Waals surface area contributed by atoms with Crippen molar-refractivity contribution in [3.05, 3.63) is 12.4 Å². The monoisotopic (exact) mass is 403 g/mol. The number of carbonyl (C=O) groups excluding carboxylic acids is 1. The van der Waals surface area contributed by atoms with Gasteiger partial charge in [-0.1, -0.05) is 12.1 Å². The van der Waals surface area contributed by atoms with Gasteiger partial charge in [-0.05, 0) is 92.8 Å². The molecule has 4 aliphatic rings. The molecule has 0 amide bonds. The molecule has 29 heavy (non-hydrogen) atoms. The molecule has 1 N–H and O–H groups in total. The van der Waals surface area contributed by atoms with Crippen LogP contribution in [-0.2, 0) is 11.3 Å². The van der Waals surface area contributed by atoms with Gasteiger partial charge in [-0.3, -0.25) is 4.79 Å². The van der Waals surface area contributed by atoms with E-state index in [4.69, 9.17) is 0 Å². The van der Waals surface area contributed by atoms with Gasteiger partial charge in [0.2, 0.25) is 0 Å². The number of hydrogen-bond donors (Lipinski definition) is 1. The summed E-state index contributed by atoms with van der Waals surface area (Å²) in [6.45, 7) is 2.12. The third kappa shape index (κ3) is 3.17. The summed E-state index contributed by atoms with van der Waals surface area (Å²) in [6.07, 6.45) is 12.5. The molecule has 5 nitrogen and oxygen atoms in total. The van der Waals surface area contributed by atoms with Gasteiger partial charge in [0.15, 0.2) is 5.78 Å². The fourth-order valence-corrected chi connectivity index (χ4v) is 8.20. The average Bonchev–Trinajstić information content (AvgIpc) is 3.34. The molecule has 8 atom stereocenters. The van der Waals surface area contributed by atoms with E-state index in [2.05, 4.69) is 17.2 Å². The van der Waals surface area contributed by atoms with Crippen LogP contribution in [0.5, 0.6) is 0 Å². The summed E-state index contributed by atoms with van der Waals surface area (Å²) in [5.41, 5.74) is -0.955. The molecule has 1 aromatic heterocycles. The van der Waals surface area contributed by atoms with Crippen molar-refractivity contribution in [2.45, 2.75) is 76.9 Å². The second-order valence-corrected chi connectivity index (χ2v) is 10.8. The van der Waals surface area contributed by atoms with Gasteiger partial charge in [0.05, 0.1) is 11.8 Å². The fourth-order valence-electron chi connectivity index (χ4n) is 8.20. The summed E-state index contributed by atoms with van der Waals surface area (Å²) >= 11 is 0. The zero-order chi connectivity index (χ0) is 20.2. The van der Waals surface area contributed by atoms with Crippen molar-refractivity contribution in [3.63, 3.8) is 0 Å². The minimum absolute atomic E-state index is 0.111. The maximum Gasteiger partial charge on any atom is 0.157 e. The number of halogens is 1. The standard InChI is InChI=1S/C23H34FN3O2/c1-22-8-6-17-16-7-9-23(29,14-24)12-15(16)2-3-18(17)19(22)4-5-20(22)21(28)13-27-11-10-25-26-27/h10-11,15-20,29H,2-9,12-14H2,1H3/t15-,16-,17+,18+,19-,20+,22-,23+/m0/s1. The van der Waals surface area contributed by atoms with Gasteiger partial charge < -0.3 is 5.11 Å². The lowest BCUT2D eigenvalue weighted by atomic mass is 9.49. The van der Waals surface area contributed by atoms with Gasteiger partial charge in [0, 0.05) is 12.1 Å². The van der Waals surface area contributed by atoms with Crippen molar-refractivity contribution in [1.82, 2.24) is 15.0 Å². The molecule has 4 aliphatic carbocycles. The Bertz CT molecular complexity index is 755. The Kier molecular flexibility index (Phi) is 4.84. The van der Waals surface area contributed by atoms with Crippen LogP contribution in [0.1, 0.15) is 64.7 Å². The third-order valence-corrected chi connectivity index (χ3v) is 9.53. The predicted molar refractivity (Wildman–Crippen MR) is 107 cm³/mol. The van der Waals surface area contributed by atoms with E-state index in [1.54, 1.807) is 17.1 Å². The first kappa shape index (κ1) is 19.7. The smallest absolute Gasteiger partial charge is 0.157 e. The molecule has 0 saturated heterocycles. The van der Waals surface area contributed by atoms with Crippen molar-refractivity contribution < 1.29 is 14.3 Å². The summed E-state index contributed by atoms with van der Waals surface area (Å²) < 4.78 is 15.0. The average molecular weight is 404 g/mol. The van der Waals surface area contributed by atoms with E-state index < -0.39 is 12.3 Å². The summed E-state index contributed by atoms with van der Waals surface area (Å²) in [5.74, 6) is 3.64. The van der Waals surface area contributed by atoms with Gasteiger partial charge in [0.25, 0.3) is 0 Å². The first-order chi connectivity index (χ1) is 13.9. The molecule has 6 heteroatoms. The molecule has 0 radical (unpaired) electrons. The largest absolute Gasteiger partial charge is 0.387 e. The third-order valence-electron chi connectivity index (χ3n) is 9.53. The Morgan fingerprint density at radius 3 is 2.72 bits per heavy atom. The summed E-state index contributed by atoms with van der Waals surface area (Å²) in [4.78, 5) is 13.1.